The molecule has 8 heteroatoms. The molecule has 1 aromatic carbocycles. The van der Waals surface area contributed by atoms with Crippen molar-refractivity contribution in [2.75, 3.05) is 0 Å². The summed E-state index contributed by atoms with van der Waals surface area (Å²) in [4.78, 5) is 37.9. The van der Waals surface area contributed by atoms with E-state index in [0.29, 0.717) is 21.1 Å². The minimum atomic E-state index is -0.884. The van der Waals surface area contributed by atoms with Gasteiger partial charge in [-0.2, -0.15) is 0 Å². The number of nitrogens with zero attached hydrogens (tertiary/aromatic N) is 1. The van der Waals surface area contributed by atoms with Crippen molar-refractivity contribution in [2.45, 2.75) is 6.54 Å². The van der Waals surface area contributed by atoms with Gasteiger partial charge in [-0.25, -0.2) is 0 Å². The number of carbonyl (C=O) groups excluding carboxylic acids is 1. The first-order valence-electron chi connectivity index (χ1n) is 6.87. The van der Waals surface area contributed by atoms with Crippen LogP contribution < -0.4 is 16.7 Å². The number of halogens is 2. The largest absolute Gasteiger partial charge is 0.365 e. The van der Waals surface area contributed by atoms with Crippen molar-refractivity contribution < 1.29 is 4.79 Å². The van der Waals surface area contributed by atoms with Crippen molar-refractivity contribution in [3.63, 3.8) is 0 Å². The molecule has 3 N–H and O–H groups in total. The van der Waals surface area contributed by atoms with E-state index in [0.717, 1.165) is 0 Å². The molecule has 3 rings (SSSR count). The molecule has 0 aliphatic carbocycles. The first-order chi connectivity index (χ1) is 11.4. The third-order valence-electron chi connectivity index (χ3n) is 3.62. The molecule has 3 aromatic rings. The van der Waals surface area contributed by atoms with E-state index in [4.69, 9.17) is 28.9 Å². The molecule has 0 atom stereocenters. The summed E-state index contributed by atoms with van der Waals surface area (Å²) < 4.78 is 1.60. The summed E-state index contributed by atoms with van der Waals surface area (Å²) in [7, 11) is 0. The molecule has 6 nitrogen and oxygen atoms in total. The third kappa shape index (κ3) is 2.81. The van der Waals surface area contributed by atoms with Crippen LogP contribution >= 0.6 is 23.2 Å². The lowest BCUT2D eigenvalue weighted by atomic mass is 10.1. The standard InChI is InChI=1S/C16H11Cl2N3O3/c17-10-2-1-3-11(18)8(10)6-21-7-9(16(19)24)15(23)14-12(21)4-5-13(22)20-14/h1-5,7H,6H2,(H2,19,24)(H,20,22). The number of carbonyl (C=O) groups is 1. The van der Waals surface area contributed by atoms with Crippen LogP contribution in [0.2, 0.25) is 10.0 Å². The highest BCUT2D eigenvalue weighted by atomic mass is 35.5. The molecule has 0 saturated carbocycles. The van der Waals surface area contributed by atoms with Gasteiger partial charge in [0.25, 0.3) is 5.91 Å². The first kappa shape index (κ1) is 16.3. The number of nitrogens with two attached hydrogens (primary N) is 1. The minimum absolute atomic E-state index is 0.00183. The molecule has 0 fully saturated rings. The number of primary amides is 1. The molecule has 0 spiro atoms. The lowest BCUT2D eigenvalue weighted by Gasteiger charge is -2.14. The Bertz CT molecular complexity index is 1070. The lowest BCUT2D eigenvalue weighted by Crippen LogP contribution is -2.26. The molecule has 0 saturated heterocycles. The van der Waals surface area contributed by atoms with Crippen LogP contribution in [0.4, 0.5) is 0 Å². The van der Waals surface area contributed by atoms with Crippen LogP contribution in [0.5, 0.6) is 0 Å². The van der Waals surface area contributed by atoms with Gasteiger partial charge in [0.1, 0.15) is 11.1 Å². The zero-order valence-corrected chi connectivity index (χ0v) is 13.7. The number of pyridine rings is 2. The van der Waals surface area contributed by atoms with E-state index in [1.165, 1.54) is 18.3 Å². The summed E-state index contributed by atoms with van der Waals surface area (Å²) in [5.74, 6) is -0.884. The Kier molecular flexibility index (Phi) is 4.17. The number of hydrogen-bond donors (Lipinski definition) is 2. The number of hydrogen-bond acceptors (Lipinski definition) is 3. The van der Waals surface area contributed by atoms with Crippen molar-refractivity contribution in [3.05, 3.63) is 78.3 Å². The maximum atomic E-state index is 12.3. The van der Waals surface area contributed by atoms with Gasteiger partial charge in [-0.3, -0.25) is 14.4 Å². The molecule has 0 radical (unpaired) electrons. The zero-order valence-electron chi connectivity index (χ0n) is 12.2. The van der Waals surface area contributed by atoms with Crippen LogP contribution in [0.1, 0.15) is 15.9 Å². The number of nitrogens with one attached hydrogen (secondary N) is 1. The molecule has 0 aliphatic rings. The summed E-state index contributed by atoms with van der Waals surface area (Å²) in [6.45, 7) is 0.196. The summed E-state index contributed by atoms with van der Waals surface area (Å²) in [5, 5.41) is 0.888. The highest BCUT2D eigenvalue weighted by molar-refractivity contribution is 6.36. The average Bonchev–Trinajstić information content (AvgIpc) is 2.53. The molecule has 24 heavy (non-hydrogen) atoms. The van der Waals surface area contributed by atoms with E-state index in [1.54, 1.807) is 22.8 Å². The smallest absolute Gasteiger partial charge is 0.254 e. The fourth-order valence-corrected chi connectivity index (χ4v) is 2.97. The van der Waals surface area contributed by atoms with Crippen molar-refractivity contribution in [1.82, 2.24) is 9.55 Å². The summed E-state index contributed by atoms with van der Waals surface area (Å²) >= 11 is 12.4. The monoisotopic (exact) mass is 363 g/mol. The predicted octanol–water partition coefficient (Wildman–Crippen LogP) is 2.14. The lowest BCUT2D eigenvalue weighted by molar-refractivity contribution is 0.0998. The van der Waals surface area contributed by atoms with E-state index in [9.17, 15) is 14.4 Å². The quantitative estimate of drug-likeness (QED) is 0.745. The van der Waals surface area contributed by atoms with E-state index in [-0.39, 0.29) is 17.6 Å². The molecule has 2 heterocycles. The van der Waals surface area contributed by atoms with Gasteiger partial charge in [-0.05, 0) is 18.2 Å². The van der Waals surface area contributed by atoms with Crippen LogP contribution in [-0.4, -0.2) is 15.5 Å². The van der Waals surface area contributed by atoms with Gasteiger partial charge < -0.3 is 15.3 Å². The van der Waals surface area contributed by atoms with E-state index in [1.807, 2.05) is 0 Å². The number of fused-ring (bicyclic) bond motifs is 1. The van der Waals surface area contributed by atoms with Crippen molar-refractivity contribution in [2.24, 2.45) is 5.73 Å². The molecule has 122 valence electrons. The molecule has 2 aromatic heterocycles. The molecular formula is C16H11Cl2N3O3. The number of benzene rings is 1. The molecule has 0 unspecified atom stereocenters. The Balaban J connectivity index is 2.31. The molecular weight excluding hydrogens is 353 g/mol. The van der Waals surface area contributed by atoms with Gasteiger partial charge in [0, 0.05) is 27.9 Å². The third-order valence-corrected chi connectivity index (χ3v) is 4.33. The van der Waals surface area contributed by atoms with Crippen LogP contribution in [-0.2, 0) is 6.54 Å². The molecule has 0 bridgehead atoms. The van der Waals surface area contributed by atoms with Gasteiger partial charge in [-0.1, -0.05) is 29.3 Å². The van der Waals surface area contributed by atoms with Crippen LogP contribution in [0.15, 0.2) is 46.1 Å². The van der Waals surface area contributed by atoms with Crippen molar-refractivity contribution >= 4 is 40.1 Å². The van der Waals surface area contributed by atoms with Crippen LogP contribution in [0.3, 0.4) is 0 Å². The van der Waals surface area contributed by atoms with E-state index >= 15 is 0 Å². The van der Waals surface area contributed by atoms with Gasteiger partial charge in [0.15, 0.2) is 0 Å². The Morgan fingerprint density at radius 3 is 2.42 bits per heavy atom. The number of amides is 1. The maximum absolute atomic E-state index is 12.3. The van der Waals surface area contributed by atoms with Gasteiger partial charge >= 0.3 is 0 Å². The second kappa shape index (κ2) is 6.14. The normalized spacial score (nSPS) is 10.9. The zero-order chi connectivity index (χ0) is 17.4. The highest BCUT2D eigenvalue weighted by Gasteiger charge is 2.15. The topological polar surface area (TPSA) is 97.9 Å². The summed E-state index contributed by atoms with van der Waals surface area (Å²) in [5.41, 5.74) is 5.01. The second-order valence-electron chi connectivity index (χ2n) is 5.15. The number of H-pyrrole nitrogens is 1. The van der Waals surface area contributed by atoms with E-state index < -0.39 is 16.9 Å². The van der Waals surface area contributed by atoms with Gasteiger partial charge in [-0.15, -0.1) is 0 Å². The maximum Gasteiger partial charge on any atom is 0.254 e. The fourth-order valence-electron chi connectivity index (χ4n) is 2.46. The minimum Gasteiger partial charge on any atom is -0.365 e. The Morgan fingerprint density at radius 1 is 1.12 bits per heavy atom. The Labute approximate surface area is 145 Å². The fraction of sp³-hybridized carbons (Fsp3) is 0.0625. The number of aromatic nitrogens is 2. The van der Waals surface area contributed by atoms with Crippen LogP contribution in [0.25, 0.3) is 11.0 Å². The molecule has 0 aliphatic heterocycles. The second-order valence-corrected chi connectivity index (χ2v) is 5.96. The Hall–Kier alpha value is -2.57. The predicted molar refractivity (Wildman–Crippen MR) is 92.9 cm³/mol. The average molecular weight is 364 g/mol. The molecule has 1 amide bonds. The first-order valence-corrected chi connectivity index (χ1v) is 7.63. The van der Waals surface area contributed by atoms with Gasteiger partial charge in [0.2, 0.25) is 11.0 Å². The summed E-state index contributed by atoms with van der Waals surface area (Å²) in [6, 6.07) is 7.86. The number of rotatable bonds is 3. The van der Waals surface area contributed by atoms with Crippen LogP contribution in [0, 0.1) is 0 Å². The summed E-state index contributed by atoms with van der Waals surface area (Å²) in [6.07, 6.45) is 1.34. The SMILES string of the molecule is NC(=O)c1cn(Cc2c(Cl)cccc2Cl)c2ccc(=O)[nH]c2c1=O. The van der Waals surface area contributed by atoms with Crippen molar-refractivity contribution in [1.29, 1.82) is 0 Å². The number of aromatic amines is 1. The van der Waals surface area contributed by atoms with Gasteiger partial charge in [0.05, 0.1) is 12.1 Å². The Morgan fingerprint density at radius 2 is 1.79 bits per heavy atom. The van der Waals surface area contributed by atoms with E-state index in [2.05, 4.69) is 4.98 Å². The van der Waals surface area contributed by atoms with Crippen molar-refractivity contribution in [3.8, 4) is 0 Å². The highest BCUT2D eigenvalue weighted by Crippen LogP contribution is 2.26.